The molecule has 0 saturated carbocycles. The molecule has 0 aromatic heterocycles. The molecular weight excluding hydrogens is 763 g/mol. The van der Waals surface area contributed by atoms with Crippen LogP contribution in [0.15, 0.2) is 85.1 Å². The molecule has 0 fully saturated rings. The Labute approximate surface area is 373 Å². The summed E-state index contributed by atoms with van der Waals surface area (Å²) >= 11 is 0. The van der Waals surface area contributed by atoms with Gasteiger partial charge in [0, 0.05) is 19.3 Å². The van der Waals surface area contributed by atoms with E-state index >= 15 is 0 Å². The zero-order valence-corrected chi connectivity index (χ0v) is 39.5. The lowest BCUT2D eigenvalue weighted by Gasteiger charge is -2.34. The number of carboxylic acid groups (broad SMARTS) is 1. The molecule has 0 amide bonds. The van der Waals surface area contributed by atoms with Gasteiger partial charge in [-0.25, -0.2) is 0 Å². The minimum absolute atomic E-state index is 0.0246. The summed E-state index contributed by atoms with van der Waals surface area (Å²) in [5.41, 5.74) is 0. The van der Waals surface area contributed by atoms with Gasteiger partial charge in [0.2, 0.25) is 0 Å². The van der Waals surface area contributed by atoms with E-state index in [-0.39, 0.29) is 49.1 Å². The molecule has 61 heavy (non-hydrogen) atoms. The number of rotatable bonds is 42. The van der Waals surface area contributed by atoms with E-state index in [0.717, 1.165) is 89.9 Å². The monoisotopic (exact) mass is 852 g/mol. The average Bonchev–Trinajstić information content (AvgIpc) is 3.22. The molecule has 0 aromatic carbocycles. The first-order valence-corrected chi connectivity index (χ1v) is 24.2. The molecular formula is C53H89NO7. The molecule has 0 aliphatic carbocycles. The van der Waals surface area contributed by atoms with Crippen molar-refractivity contribution in [3.05, 3.63) is 85.1 Å². The minimum atomic E-state index is -1.13. The number of hydrogen-bond acceptors (Lipinski definition) is 7. The number of likely N-dealkylation sites (N-methyl/N-ethyl adjacent to an activating group) is 1. The summed E-state index contributed by atoms with van der Waals surface area (Å²) in [6.45, 7) is 4.48. The highest BCUT2D eigenvalue weighted by Crippen LogP contribution is 2.14. The van der Waals surface area contributed by atoms with E-state index in [1.165, 1.54) is 57.8 Å². The van der Waals surface area contributed by atoms with Crippen LogP contribution in [-0.4, -0.2) is 75.5 Å². The largest absolute Gasteiger partial charge is 0.544 e. The Balaban J connectivity index is 4.36. The Morgan fingerprint density at radius 2 is 0.984 bits per heavy atom. The van der Waals surface area contributed by atoms with Crippen molar-refractivity contribution in [2.75, 3.05) is 41.0 Å². The molecule has 8 nitrogen and oxygen atoms in total. The number of ether oxygens (including phenoxy) is 3. The number of quaternary nitrogens is 1. The lowest BCUT2D eigenvalue weighted by molar-refractivity contribution is -0.889. The second-order valence-electron chi connectivity index (χ2n) is 17.1. The van der Waals surface area contributed by atoms with Crippen molar-refractivity contribution >= 4 is 17.9 Å². The molecule has 0 bridgehead atoms. The van der Waals surface area contributed by atoms with Gasteiger partial charge in [0.25, 0.3) is 0 Å². The molecule has 348 valence electrons. The number of esters is 2. The molecule has 0 aromatic rings. The van der Waals surface area contributed by atoms with Crippen molar-refractivity contribution in [1.82, 2.24) is 0 Å². The number of nitrogens with zero attached hydrogens (tertiary/aromatic N) is 1. The van der Waals surface area contributed by atoms with Gasteiger partial charge in [-0.3, -0.25) is 9.59 Å². The van der Waals surface area contributed by atoms with E-state index in [2.05, 4.69) is 92.8 Å². The number of aliphatic carboxylic acids is 1. The minimum Gasteiger partial charge on any atom is -0.544 e. The maximum Gasteiger partial charge on any atom is 0.306 e. The lowest BCUT2D eigenvalue weighted by atomic mass is 10.1. The third kappa shape index (κ3) is 41.6. The molecule has 2 atom stereocenters. The van der Waals surface area contributed by atoms with Gasteiger partial charge < -0.3 is 28.6 Å². The number of carbonyl (C=O) groups is 3. The highest BCUT2D eigenvalue weighted by Gasteiger charge is 2.25. The highest BCUT2D eigenvalue weighted by atomic mass is 16.6. The highest BCUT2D eigenvalue weighted by molar-refractivity contribution is 5.70. The normalized spacial score (nSPS) is 13.7. The van der Waals surface area contributed by atoms with Crippen molar-refractivity contribution in [3.63, 3.8) is 0 Å². The van der Waals surface area contributed by atoms with Gasteiger partial charge in [-0.05, 0) is 70.6 Å². The quantitative estimate of drug-likeness (QED) is 0.0198. The average molecular weight is 852 g/mol. The van der Waals surface area contributed by atoms with Gasteiger partial charge >= 0.3 is 11.9 Å². The van der Waals surface area contributed by atoms with Crippen LogP contribution in [0.5, 0.6) is 0 Å². The van der Waals surface area contributed by atoms with Crippen molar-refractivity contribution in [2.45, 2.75) is 193 Å². The zero-order valence-electron chi connectivity index (χ0n) is 39.5. The fourth-order valence-corrected chi connectivity index (χ4v) is 6.63. The third-order valence-corrected chi connectivity index (χ3v) is 10.4. The van der Waals surface area contributed by atoms with Crippen LogP contribution in [0.1, 0.15) is 181 Å². The zero-order chi connectivity index (χ0) is 44.9. The van der Waals surface area contributed by atoms with E-state index < -0.39 is 18.1 Å². The molecule has 8 heteroatoms. The first-order chi connectivity index (χ1) is 29.6. The van der Waals surface area contributed by atoms with Crippen molar-refractivity contribution in [2.24, 2.45) is 0 Å². The van der Waals surface area contributed by atoms with E-state index in [1.54, 1.807) is 21.1 Å². The van der Waals surface area contributed by atoms with Gasteiger partial charge in [-0.2, -0.15) is 0 Å². The molecule has 0 rings (SSSR count). The van der Waals surface area contributed by atoms with Crippen LogP contribution in [0.25, 0.3) is 0 Å². The molecule has 0 saturated heterocycles. The first-order valence-electron chi connectivity index (χ1n) is 24.2. The molecule has 2 unspecified atom stereocenters. The molecule has 0 aliphatic rings. The summed E-state index contributed by atoms with van der Waals surface area (Å²) in [7, 11) is 5.39. The SMILES string of the molecule is CC/C=C/C/C=C/C/C=C/CCCCCCCCCCCC(=O)OCC(COCCC(C(=O)[O-])[N+](C)(C)C)OC(=O)CCCCCCC/C=C/C=C/C=C/C=C/CCCCC. The van der Waals surface area contributed by atoms with Gasteiger partial charge in [-0.15, -0.1) is 0 Å². The molecule has 0 aliphatic heterocycles. The standard InChI is InChI=1S/C53H89NO7/c1-6-8-10-12-14-16-18-20-22-24-26-28-29-31-33-35-37-39-41-43-51(55)60-48-49(47-59-46-45-50(53(57)58)54(3,4)5)61-52(56)44-42-40-38-36-34-32-30-27-25-23-21-19-17-15-13-11-9-7-2/h8,10,14-17,19-23,25,27,30,49-50H,6-7,9,11-13,18,24,26,28-29,31-48H2,1-5H3/b10-8+,16-14+,17-15+,21-19+,22-20+,25-23+,30-27+. The van der Waals surface area contributed by atoms with Gasteiger partial charge in [0.05, 0.1) is 40.3 Å². The first kappa shape index (κ1) is 57.5. The number of carboxylic acids is 1. The Kier molecular flexibility index (Phi) is 40.7. The van der Waals surface area contributed by atoms with Crippen LogP contribution in [0.2, 0.25) is 0 Å². The maximum atomic E-state index is 12.8. The molecule has 0 N–H and O–H groups in total. The lowest BCUT2D eigenvalue weighted by Crippen LogP contribution is -2.55. The smallest absolute Gasteiger partial charge is 0.306 e. The summed E-state index contributed by atoms with van der Waals surface area (Å²) in [5.74, 6) is -1.78. The Morgan fingerprint density at radius 3 is 1.51 bits per heavy atom. The summed E-state index contributed by atoms with van der Waals surface area (Å²) in [5, 5.41) is 11.6. The Hall–Kier alpha value is -3.49. The summed E-state index contributed by atoms with van der Waals surface area (Å²) in [4.78, 5) is 37.0. The van der Waals surface area contributed by atoms with Crippen LogP contribution < -0.4 is 5.11 Å². The number of unbranched alkanes of at least 4 members (excludes halogenated alkanes) is 17. The Morgan fingerprint density at radius 1 is 0.525 bits per heavy atom. The van der Waals surface area contributed by atoms with Crippen molar-refractivity contribution < 1.29 is 38.2 Å². The van der Waals surface area contributed by atoms with Gasteiger partial charge in [-0.1, -0.05) is 176 Å². The maximum absolute atomic E-state index is 12.8. The molecule has 0 heterocycles. The van der Waals surface area contributed by atoms with E-state index in [9.17, 15) is 19.5 Å². The number of allylic oxidation sites excluding steroid dienone is 14. The fraction of sp³-hybridized carbons (Fsp3) is 0.679. The van der Waals surface area contributed by atoms with Crippen LogP contribution >= 0.6 is 0 Å². The predicted molar refractivity (Wildman–Crippen MR) is 254 cm³/mol. The molecule has 0 radical (unpaired) electrons. The summed E-state index contributed by atoms with van der Waals surface area (Å²) in [6, 6.07) is -0.736. The molecule has 0 spiro atoms. The predicted octanol–water partition coefficient (Wildman–Crippen LogP) is 12.4. The van der Waals surface area contributed by atoms with Crippen LogP contribution in [0.4, 0.5) is 0 Å². The van der Waals surface area contributed by atoms with Crippen molar-refractivity contribution in [3.8, 4) is 0 Å². The third-order valence-electron chi connectivity index (χ3n) is 10.4. The summed E-state index contributed by atoms with van der Waals surface area (Å²) in [6.07, 6.45) is 56.0. The van der Waals surface area contributed by atoms with E-state index in [1.807, 2.05) is 6.08 Å². The number of hydrogen-bond donors (Lipinski definition) is 0. The van der Waals surface area contributed by atoms with E-state index in [0.29, 0.717) is 6.42 Å². The van der Waals surface area contributed by atoms with Crippen LogP contribution in [0, 0.1) is 0 Å². The van der Waals surface area contributed by atoms with E-state index in [4.69, 9.17) is 14.2 Å². The topological polar surface area (TPSA) is 102 Å². The van der Waals surface area contributed by atoms with Crippen LogP contribution in [0.3, 0.4) is 0 Å². The second kappa shape index (κ2) is 43.2. The Bertz CT molecular complexity index is 1270. The van der Waals surface area contributed by atoms with Crippen molar-refractivity contribution in [1.29, 1.82) is 0 Å². The number of carbonyl (C=O) groups excluding carboxylic acids is 3. The van der Waals surface area contributed by atoms with Crippen LogP contribution in [-0.2, 0) is 28.6 Å². The van der Waals surface area contributed by atoms with Gasteiger partial charge in [0.1, 0.15) is 12.6 Å². The van der Waals surface area contributed by atoms with Gasteiger partial charge in [0.15, 0.2) is 6.10 Å². The summed E-state index contributed by atoms with van der Waals surface area (Å²) < 4.78 is 17.2. The second-order valence-corrected chi connectivity index (χ2v) is 17.1. The fourth-order valence-electron chi connectivity index (χ4n) is 6.63.